The lowest BCUT2D eigenvalue weighted by Crippen LogP contribution is -2.43. The van der Waals surface area contributed by atoms with Crippen molar-refractivity contribution in [3.8, 4) is 0 Å². The average molecular weight is 266 g/mol. The first kappa shape index (κ1) is 13.4. The van der Waals surface area contributed by atoms with Crippen LogP contribution < -0.4 is 5.73 Å². The van der Waals surface area contributed by atoms with E-state index < -0.39 is 0 Å². The molecule has 108 valence electrons. The van der Waals surface area contributed by atoms with Gasteiger partial charge in [-0.15, -0.1) is 0 Å². The van der Waals surface area contributed by atoms with Crippen LogP contribution in [0.4, 0.5) is 0 Å². The van der Waals surface area contributed by atoms with E-state index in [1.165, 1.54) is 19.3 Å². The molecule has 0 aromatic carbocycles. The molecule has 3 aliphatic rings. The fraction of sp³-hybridized carbons (Fsp3) is 0.933. The molecule has 0 radical (unpaired) electrons. The highest BCUT2D eigenvalue weighted by Crippen LogP contribution is 2.36. The van der Waals surface area contributed by atoms with Crippen molar-refractivity contribution in [2.45, 2.75) is 44.6 Å². The third kappa shape index (κ3) is 2.95. The molecule has 2 aliphatic carbocycles. The van der Waals surface area contributed by atoms with Gasteiger partial charge in [0, 0.05) is 31.0 Å². The van der Waals surface area contributed by atoms with Crippen molar-refractivity contribution in [1.29, 1.82) is 0 Å². The number of carbonyl (C=O) groups excluding carboxylic acids is 1. The molecule has 19 heavy (non-hydrogen) atoms. The maximum atomic E-state index is 12.8. The van der Waals surface area contributed by atoms with Crippen molar-refractivity contribution in [1.82, 2.24) is 4.90 Å². The van der Waals surface area contributed by atoms with E-state index in [4.69, 9.17) is 10.5 Å². The predicted octanol–water partition coefficient (Wildman–Crippen LogP) is 1.39. The largest absolute Gasteiger partial charge is 0.381 e. The summed E-state index contributed by atoms with van der Waals surface area (Å²) in [7, 11) is 0. The number of ether oxygens (including phenoxy) is 1. The second-order valence-electron chi connectivity index (χ2n) is 6.48. The van der Waals surface area contributed by atoms with Gasteiger partial charge in [-0.2, -0.15) is 0 Å². The Kier molecular flexibility index (Phi) is 4.08. The number of hydrogen-bond donors (Lipinski definition) is 1. The summed E-state index contributed by atoms with van der Waals surface area (Å²) in [6.07, 6.45) is 6.85. The molecule has 0 aromatic heterocycles. The van der Waals surface area contributed by atoms with Gasteiger partial charge in [-0.05, 0) is 44.6 Å². The van der Waals surface area contributed by atoms with E-state index in [0.29, 0.717) is 30.3 Å². The minimum Gasteiger partial charge on any atom is -0.381 e. The van der Waals surface area contributed by atoms with Gasteiger partial charge in [0.2, 0.25) is 5.91 Å². The average Bonchev–Trinajstić information content (AvgIpc) is 2.95. The molecule has 1 aliphatic heterocycles. The molecule has 0 spiro atoms. The summed E-state index contributed by atoms with van der Waals surface area (Å²) in [5.41, 5.74) is 5.83. The van der Waals surface area contributed by atoms with Gasteiger partial charge in [-0.1, -0.05) is 6.42 Å². The first-order chi connectivity index (χ1) is 9.29. The van der Waals surface area contributed by atoms with E-state index in [2.05, 4.69) is 4.90 Å². The van der Waals surface area contributed by atoms with Crippen LogP contribution in [0.15, 0.2) is 0 Å². The highest BCUT2D eigenvalue weighted by molar-refractivity contribution is 5.80. The predicted molar refractivity (Wildman–Crippen MR) is 73.5 cm³/mol. The van der Waals surface area contributed by atoms with Crippen molar-refractivity contribution in [2.75, 3.05) is 26.3 Å². The van der Waals surface area contributed by atoms with E-state index in [1.807, 2.05) is 0 Å². The zero-order valence-corrected chi connectivity index (χ0v) is 11.7. The van der Waals surface area contributed by atoms with Gasteiger partial charge in [-0.25, -0.2) is 0 Å². The van der Waals surface area contributed by atoms with Gasteiger partial charge in [-0.3, -0.25) is 4.79 Å². The maximum absolute atomic E-state index is 12.8. The zero-order valence-electron chi connectivity index (χ0n) is 11.7. The first-order valence-corrected chi connectivity index (χ1v) is 7.88. The third-order valence-electron chi connectivity index (χ3n) is 5.03. The topological polar surface area (TPSA) is 55.6 Å². The van der Waals surface area contributed by atoms with E-state index in [-0.39, 0.29) is 5.92 Å². The Morgan fingerprint density at radius 2 is 2.05 bits per heavy atom. The van der Waals surface area contributed by atoms with Gasteiger partial charge in [0.25, 0.3) is 0 Å². The van der Waals surface area contributed by atoms with Crippen LogP contribution in [0.2, 0.25) is 0 Å². The van der Waals surface area contributed by atoms with Crippen LogP contribution in [0.1, 0.15) is 38.5 Å². The van der Waals surface area contributed by atoms with Crippen molar-refractivity contribution >= 4 is 5.91 Å². The summed E-state index contributed by atoms with van der Waals surface area (Å²) in [6, 6.07) is 0.520. The molecule has 1 amide bonds. The van der Waals surface area contributed by atoms with E-state index in [9.17, 15) is 4.79 Å². The Morgan fingerprint density at radius 1 is 1.21 bits per heavy atom. The molecule has 3 fully saturated rings. The highest BCUT2D eigenvalue weighted by Gasteiger charge is 2.41. The second kappa shape index (κ2) is 5.80. The smallest absolute Gasteiger partial charge is 0.226 e. The first-order valence-electron chi connectivity index (χ1n) is 7.88. The minimum atomic E-state index is 0.202. The summed E-state index contributed by atoms with van der Waals surface area (Å²) in [4.78, 5) is 15.0. The van der Waals surface area contributed by atoms with Gasteiger partial charge in [0.05, 0.1) is 6.61 Å². The summed E-state index contributed by atoms with van der Waals surface area (Å²) >= 11 is 0. The Hall–Kier alpha value is -0.610. The molecule has 1 saturated heterocycles. The Balaban J connectivity index is 1.63. The van der Waals surface area contributed by atoms with E-state index >= 15 is 0 Å². The maximum Gasteiger partial charge on any atom is 0.226 e. The fourth-order valence-electron chi connectivity index (χ4n) is 3.67. The number of hydrogen-bond acceptors (Lipinski definition) is 3. The molecule has 0 aromatic rings. The lowest BCUT2D eigenvalue weighted by atomic mass is 9.94. The summed E-state index contributed by atoms with van der Waals surface area (Å²) < 4.78 is 5.45. The van der Waals surface area contributed by atoms with Gasteiger partial charge < -0.3 is 15.4 Å². The normalized spacial score (nSPS) is 34.7. The van der Waals surface area contributed by atoms with Crippen LogP contribution in [-0.2, 0) is 9.53 Å². The van der Waals surface area contributed by atoms with Crippen LogP contribution in [0.25, 0.3) is 0 Å². The molecule has 2 N–H and O–H groups in total. The number of carbonyl (C=O) groups is 1. The number of nitrogens with zero attached hydrogens (tertiary/aromatic N) is 1. The van der Waals surface area contributed by atoms with Crippen molar-refractivity contribution in [2.24, 2.45) is 23.5 Å². The monoisotopic (exact) mass is 266 g/mol. The second-order valence-corrected chi connectivity index (χ2v) is 6.48. The van der Waals surface area contributed by atoms with E-state index in [1.54, 1.807) is 0 Å². The minimum absolute atomic E-state index is 0.202. The highest BCUT2D eigenvalue weighted by atomic mass is 16.5. The number of rotatable bonds is 5. The van der Waals surface area contributed by atoms with Crippen LogP contribution in [0.3, 0.4) is 0 Å². The van der Waals surface area contributed by atoms with Gasteiger partial charge >= 0.3 is 0 Å². The molecule has 3 unspecified atom stereocenters. The zero-order chi connectivity index (χ0) is 13.2. The lowest BCUT2D eigenvalue weighted by Gasteiger charge is -2.30. The molecule has 2 saturated carbocycles. The molecule has 4 heteroatoms. The van der Waals surface area contributed by atoms with Gasteiger partial charge in [0.15, 0.2) is 0 Å². The quantitative estimate of drug-likeness (QED) is 0.818. The summed E-state index contributed by atoms with van der Waals surface area (Å²) in [6.45, 7) is 3.28. The van der Waals surface area contributed by atoms with Crippen molar-refractivity contribution in [3.63, 3.8) is 0 Å². The number of nitrogens with two attached hydrogens (primary N) is 1. The molecular weight excluding hydrogens is 240 g/mol. The van der Waals surface area contributed by atoms with Gasteiger partial charge in [0.1, 0.15) is 0 Å². The van der Waals surface area contributed by atoms with Crippen LogP contribution in [0, 0.1) is 17.8 Å². The molecule has 1 heterocycles. The number of amides is 1. The lowest BCUT2D eigenvalue weighted by molar-refractivity contribution is -0.137. The van der Waals surface area contributed by atoms with E-state index in [0.717, 1.165) is 39.0 Å². The Morgan fingerprint density at radius 3 is 2.68 bits per heavy atom. The van der Waals surface area contributed by atoms with Crippen LogP contribution >= 0.6 is 0 Å². The van der Waals surface area contributed by atoms with Crippen LogP contribution in [-0.4, -0.2) is 43.2 Å². The standard InChI is InChI=1S/C15H26N2O2/c16-8-12-2-1-3-14(12)15(18)17(13-4-5-13)9-11-6-7-19-10-11/h11-14H,1-10,16H2. The third-order valence-corrected chi connectivity index (χ3v) is 5.03. The molecule has 0 bridgehead atoms. The SMILES string of the molecule is NCC1CCCC1C(=O)N(CC1CCOC1)C1CC1. The Bertz CT molecular complexity index is 324. The van der Waals surface area contributed by atoms with Crippen molar-refractivity contribution < 1.29 is 9.53 Å². The molecule has 3 atom stereocenters. The molecule has 4 nitrogen and oxygen atoms in total. The molecule has 3 rings (SSSR count). The summed E-state index contributed by atoms with van der Waals surface area (Å²) in [5.74, 6) is 1.58. The van der Waals surface area contributed by atoms with Crippen molar-refractivity contribution in [3.05, 3.63) is 0 Å². The molecular formula is C15H26N2O2. The summed E-state index contributed by atoms with van der Waals surface area (Å²) in [5, 5.41) is 0. The fourth-order valence-corrected chi connectivity index (χ4v) is 3.67. The Labute approximate surface area is 115 Å². The van der Waals surface area contributed by atoms with Crippen LogP contribution in [0.5, 0.6) is 0 Å².